The molecule has 0 saturated heterocycles. The Balaban J connectivity index is 1.60. The number of pyridine rings is 3. The number of carbonyl (C=O) groups excluding carboxylic acids is 2. The van der Waals surface area contributed by atoms with Crippen LogP contribution in [0.5, 0.6) is 0 Å². The molecule has 45 heavy (non-hydrogen) atoms. The van der Waals surface area contributed by atoms with Gasteiger partial charge in [-0.25, -0.2) is 14.8 Å². The number of nitrogens with zero attached hydrogens (tertiary/aromatic N) is 5. The van der Waals surface area contributed by atoms with Crippen LogP contribution in [0.1, 0.15) is 50.2 Å². The van der Waals surface area contributed by atoms with Crippen LogP contribution in [0.15, 0.2) is 79.1 Å². The van der Waals surface area contributed by atoms with Gasteiger partial charge in [-0.1, -0.05) is 24.1 Å². The summed E-state index contributed by atoms with van der Waals surface area (Å²) >= 11 is 0. The van der Waals surface area contributed by atoms with Gasteiger partial charge in [0.05, 0.1) is 11.4 Å². The minimum atomic E-state index is -0.816. The number of benzene rings is 1. The summed E-state index contributed by atoms with van der Waals surface area (Å²) in [6, 6.07) is 20.4. The van der Waals surface area contributed by atoms with Gasteiger partial charge in [0, 0.05) is 41.8 Å². The Morgan fingerprint density at radius 1 is 0.978 bits per heavy atom. The zero-order valence-electron chi connectivity index (χ0n) is 26.5. The summed E-state index contributed by atoms with van der Waals surface area (Å²) in [6.07, 6.45) is 3.17. The van der Waals surface area contributed by atoms with E-state index in [9.17, 15) is 9.59 Å². The highest BCUT2D eigenvalue weighted by atomic mass is 16.6. The first kappa shape index (κ1) is 31.0. The number of hydrogen-bond donors (Lipinski definition) is 1. The fourth-order valence-electron chi connectivity index (χ4n) is 4.66. The van der Waals surface area contributed by atoms with E-state index in [1.54, 1.807) is 40.0 Å². The molecule has 2 amide bonds. The molecule has 9 nitrogen and oxygen atoms in total. The van der Waals surface area contributed by atoms with Gasteiger partial charge in [-0.05, 0) is 102 Å². The lowest BCUT2D eigenvalue weighted by atomic mass is 10.0. The first-order valence-corrected chi connectivity index (χ1v) is 14.7. The average Bonchev–Trinajstić information content (AvgIpc) is 3.37. The van der Waals surface area contributed by atoms with Crippen LogP contribution in [0.3, 0.4) is 0 Å². The lowest BCUT2D eigenvalue weighted by Gasteiger charge is -2.28. The Kier molecular flexibility index (Phi) is 8.68. The van der Waals surface area contributed by atoms with E-state index in [4.69, 9.17) is 14.7 Å². The monoisotopic (exact) mass is 600 g/mol. The molecule has 9 heteroatoms. The van der Waals surface area contributed by atoms with Crippen molar-refractivity contribution in [1.82, 2.24) is 24.3 Å². The second-order valence-electron chi connectivity index (χ2n) is 11.9. The molecule has 1 aromatic carbocycles. The molecular weight excluding hydrogens is 564 g/mol. The topological polar surface area (TPSA) is 102 Å². The number of carbonyl (C=O) groups is 2. The summed E-state index contributed by atoms with van der Waals surface area (Å²) in [7, 11) is 1.53. The number of hydrogen-bond acceptors (Lipinski definition) is 6. The van der Waals surface area contributed by atoms with Crippen molar-refractivity contribution >= 4 is 23.5 Å². The Morgan fingerprint density at radius 2 is 1.73 bits per heavy atom. The van der Waals surface area contributed by atoms with Crippen molar-refractivity contribution in [2.45, 2.75) is 53.2 Å². The molecule has 0 bridgehead atoms. The van der Waals surface area contributed by atoms with E-state index in [2.05, 4.69) is 22.1 Å². The molecule has 0 aliphatic heterocycles. The normalized spacial score (nSPS) is 11.8. The summed E-state index contributed by atoms with van der Waals surface area (Å²) in [5, 5.41) is 2.85. The molecule has 5 aromatic rings. The molecule has 4 heterocycles. The van der Waals surface area contributed by atoms with Crippen LogP contribution in [0.25, 0.3) is 28.2 Å². The molecule has 1 N–H and O–H groups in total. The maximum absolute atomic E-state index is 13.2. The molecule has 1 atom stereocenters. The molecule has 228 valence electrons. The smallest absolute Gasteiger partial charge is 0.410 e. The first-order valence-electron chi connectivity index (χ1n) is 14.7. The lowest BCUT2D eigenvalue weighted by Crippen LogP contribution is -2.45. The third-order valence-corrected chi connectivity index (χ3v) is 7.09. The van der Waals surface area contributed by atoms with Gasteiger partial charge < -0.3 is 10.1 Å². The van der Waals surface area contributed by atoms with E-state index in [1.165, 1.54) is 11.9 Å². The summed E-state index contributed by atoms with van der Waals surface area (Å²) in [5.74, 6) is 6.35. The van der Waals surface area contributed by atoms with Crippen LogP contribution in [-0.2, 0) is 9.53 Å². The average molecular weight is 601 g/mol. The number of fused-ring (bicyclic) bond motifs is 1. The highest BCUT2D eigenvalue weighted by Gasteiger charge is 2.27. The van der Waals surface area contributed by atoms with E-state index in [-0.39, 0.29) is 0 Å². The fraction of sp³-hybridized carbons (Fsp3) is 0.250. The number of anilines is 1. The molecule has 4 aromatic heterocycles. The predicted molar refractivity (Wildman–Crippen MR) is 176 cm³/mol. The summed E-state index contributed by atoms with van der Waals surface area (Å²) in [5.41, 5.74) is 6.58. The van der Waals surface area contributed by atoms with Crippen LogP contribution in [0.4, 0.5) is 10.6 Å². The zero-order chi connectivity index (χ0) is 32.3. The van der Waals surface area contributed by atoms with Gasteiger partial charge in [0.15, 0.2) is 0 Å². The number of nitrogens with one attached hydrogen (secondary N) is 1. The van der Waals surface area contributed by atoms with Crippen LogP contribution in [-0.4, -0.2) is 54.9 Å². The first-order chi connectivity index (χ1) is 21.4. The molecule has 0 fully saturated rings. The quantitative estimate of drug-likeness (QED) is 0.226. The van der Waals surface area contributed by atoms with Crippen LogP contribution < -0.4 is 5.32 Å². The number of aryl methyl sites for hydroxylation is 2. The second kappa shape index (κ2) is 12.6. The Morgan fingerprint density at radius 3 is 2.44 bits per heavy atom. The summed E-state index contributed by atoms with van der Waals surface area (Å²) in [4.78, 5) is 41.3. The van der Waals surface area contributed by atoms with E-state index in [1.807, 2.05) is 85.1 Å². The third-order valence-electron chi connectivity index (χ3n) is 7.09. The van der Waals surface area contributed by atoms with Gasteiger partial charge in [-0.15, -0.1) is 0 Å². The van der Waals surface area contributed by atoms with Gasteiger partial charge in [0.25, 0.3) is 0 Å². The Hall–Kier alpha value is -5.49. The lowest BCUT2D eigenvalue weighted by molar-refractivity contribution is -0.120. The molecule has 0 saturated carbocycles. The predicted octanol–water partition coefficient (Wildman–Crippen LogP) is 6.67. The number of likely N-dealkylation sites (N-methyl/N-ethyl adjacent to an activating group) is 1. The molecule has 0 radical (unpaired) electrons. The van der Waals surface area contributed by atoms with Gasteiger partial charge in [0.1, 0.15) is 28.8 Å². The van der Waals surface area contributed by atoms with Gasteiger partial charge in [0.2, 0.25) is 5.91 Å². The van der Waals surface area contributed by atoms with Gasteiger partial charge >= 0.3 is 6.09 Å². The minimum absolute atomic E-state index is 0.302. The van der Waals surface area contributed by atoms with Crippen molar-refractivity contribution in [2.24, 2.45) is 0 Å². The Labute approximate surface area is 263 Å². The highest BCUT2D eigenvalue weighted by Crippen LogP contribution is 2.35. The number of ether oxygens (including phenoxy) is 1. The maximum Gasteiger partial charge on any atom is 0.410 e. The zero-order valence-corrected chi connectivity index (χ0v) is 26.5. The van der Waals surface area contributed by atoms with Crippen molar-refractivity contribution in [3.8, 4) is 34.4 Å². The van der Waals surface area contributed by atoms with E-state index < -0.39 is 23.6 Å². The highest BCUT2D eigenvalue weighted by molar-refractivity contribution is 5.96. The third kappa shape index (κ3) is 7.19. The number of amides is 2. The Bertz CT molecular complexity index is 1950. The SMILES string of the molecule is Cc1ccn2c(-c3ccc(NC(=O)C(C)N(C)C(=O)OC(C)(C)C)nc3C#Cc3ccccc3)c(-c3ccnc(C)c3)nc2c1. The van der Waals surface area contributed by atoms with Crippen molar-refractivity contribution in [1.29, 1.82) is 0 Å². The van der Waals surface area contributed by atoms with Crippen LogP contribution in [0.2, 0.25) is 0 Å². The molecule has 0 aliphatic rings. The number of rotatable bonds is 5. The number of imidazole rings is 1. The van der Waals surface area contributed by atoms with Crippen molar-refractivity contribution < 1.29 is 14.3 Å². The number of aromatic nitrogens is 4. The molecule has 1 unspecified atom stereocenters. The van der Waals surface area contributed by atoms with Gasteiger partial charge in [-0.2, -0.15) is 0 Å². The van der Waals surface area contributed by atoms with Crippen LogP contribution in [0, 0.1) is 25.7 Å². The molecule has 0 aliphatic carbocycles. The second-order valence-corrected chi connectivity index (χ2v) is 11.9. The maximum atomic E-state index is 13.2. The minimum Gasteiger partial charge on any atom is -0.444 e. The van der Waals surface area contributed by atoms with E-state index in [0.717, 1.165) is 45.0 Å². The summed E-state index contributed by atoms with van der Waals surface area (Å²) < 4.78 is 7.46. The standard InChI is InChI=1S/C36H36N6O3/c1-23-18-20-42-31(21-23)40-32(27-17-19-37-24(2)22-27)33(42)28-14-16-30(38-29(28)15-13-26-11-9-8-10-12-26)39-34(43)25(3)41(7)35(44)45-36(4,5)6/h8-12,14,16-22,25H,1-7H3,(H,38,39,43). The van der Waals surface area contributed by atoms with E-state index in [0.29, 0.717) is 11.5 Å². The summed E-state index contributed by atoms with van der Waals surface area (Å²) in [6.45, 7) is 10.9. The van der Waals surface area contributed by atoms with Crippen LogP contribution >= 0.6 is 0 Å². The van der Waals surface area contributed by atoms with Crippen molar-refractivity contribution in [2.75, 3.05) is 12.4 Å². The molecular formula is C36H36N6O3. The largest absolute Gasteiger partial charge is 0.444 e. The molecule has 5 rings (SSSR count). The van der Waals surface area contributed by atoms with Gasteiger partial charge in [-0.3, -0.25) is 19.1 Å². The van der Waals surface area contributed by atoms with Crippen molar-refractivity contribution in [3.63, 3.8) is 0 Å². The van der Waals surface area contributed by atoms with E-state index >= 15 is 0 Å². The fourth-order valence-corrected chi connectivity index (χ4v) is 4.66. The van der Waals surface area contributed by atoms with Crippen molar-refractivity contribution in [3.05, 3.63) is 102 Å². The molecule has 0 spiro atoms.